The van der Waals surface area contributed by atoms with E-state index in [1.807, 2.05) is 43.3 Å². The van der Waals surface area contributed by atoms with Gasteiger partial charge in [-0.15, -0.1) is 0 Å². The molecule has 1 fully saturated rings. The summed E-state index contributed by atoms with van der Waals surface area (Å²) in [6.45, 7) is 2.04. The van der Waals surface area contributed by atoms with E-state index in [1.54, 1.807) is 0 Å². The van der Waals surface area contributed by atoms with Crippen molar-refractivity contribution < 1.29 is 14.2 Å². The topological polar surface area (TPSA) is 50.7 Å². The van der Waals surface area contributed by atoms with Gasteiger partial charge in [-0.2, -0.15) is 0 Å². The van der Waals surface area contributed by atoms with Crippen LogP contribution in [-0.4, -0.2) is 24.9 Å². The summed E-state index contributed by atoms with van der Waals surface area (Å²) in [5.41, 5.74) is -1.41. The quantitative estimate of drug-likeness (QED) is 0.495. The first-order valence-corrected chi connectivity index (χ1v) is 13.5. The minimum absolute atomic E-state index is 0.0187. The van der Waals surface area contributed by atoms with Gasteiger partial charge in [0.1, 0.15) is 5.60 Å². The molecule has 0 amide bonds. The molecule has 0 spiro atoms. The van der Waals surface area contributed by atoms with Gasteiger partial charge in [0.15, 0.2) is 0 Å². The molecule has 0 aliphatic carbocycles. The zero-order valence-corrected chi connectivity index (χ0v) is 19.3. The Morgan fingerprint density at radius 1 is 1.07 bits per heavy atom. The molecule has 154 valence electrons. The largest absolute Gasteiger partial charge is 0.377 e. The van der Waals surface area contributed by atoms with E-state index in [1.165, 1.54) is 14.2 Å². The molecule has 2 aromatic carbocycles. The van der Waals surface area contributed by atoms with Crippen molar-refractivity contribution in [2.24, 2.45) is 5.92 Å². The number of hydrogen-bond acceptors (Lipinski definition) is 6. The highest BCUT2D eigenvalue weighted by Gasteiger charge is 2.45. The minimum atomic E-state index is -2.50. The van der Waals surface area contributed by atoms with Gasteiger partial charge >= 0.3 is 0 Å². The van der Waals surface area contributed by atoms with E-state index in [-0.39, 0.29) is 18.0 Å². The highest BCUT2D eigenvalue weighted by Crippen LogP contribution is 2.59. The lowest BCUT2D eigenvalue weighted by molar-refractivity contribution is -0.0196. The van der Waals surface area contributed by atoms with E-state index in [2.05, 4.69) is 40.8 Å². The SMILES string of the molecule is COP(=S)(OC)SC#C[C@]1(O)C[C@H](c2ccccc2)N[C@H](c2ccccc2)[C@@H]1C. The molecule has 0 radical (unpaired) electrons. The lowest BCUT2D eigenvalue weighted by Gasteiger charge is -2.45. The first kappa shape index (κ1) is 22.5. The van der Waals surface area contributed by atoms with Crippen LogP contribution < -0.4 is 5.32 Å². The standard InChI is InChI=1S/C22H26NO3PS2/c1-17-21(19-12-8-5-9-13-19)23-20(18-10-6-4-7-11-18)16-22(17,24)14-15-29-27(28,25-2)26-3/h4-13,17,20-21,23-24H,16H2,1-3H3/t17-,20+,21-,22-/m0/s1. The lowest BCUT2D eigenvalue weighted by Crippen LogP contribution is -2.51. The Hall–Kier alpha value is -1.16. The summed E-state index contributed by atoms with van der Waals surface area (Å²) in [7, 11) is 3.05. The van der Waals surface area contributed by atoms with Gasteiger partial charge in [-0.05, 0) is 28.2 Å². The molecule has 1 saturated heterocycles. The summed E-state index contributed by atoms with van der Waals surface area (Å²) in [5, 5.41) is 18.3. The first-order chi connectivity index (χ1) is 13.9. The summed E-state index contributed by atoms with van der Waals surface area (Å²) >= 11 is 6.52. The van der Waals surface area contributed by atoms with Gasteiger partial charge in [-0.25, -0.2) is 0 Å². The Bertz CT molecular complexity index is 908. The summed E-state index contributed by atoms with van der Waals surface area (Å²) < 4.78 is 10.6. The van der Waals surface area contributed by atoms with Crippen LogP contribution in [0.3, 0.4) is 0 Å². The number of aliphatic hydroxyl groups is 1. The Balaban J connectivity index is 1.95. The second-order valence-corrected chi connectivity index (χ2v) is 13.2. The minimum Gasteiger partial charge on any atom is -0.377 e. The summed E-state index contributed by atoms with van der Waals surface area (Å²) in [6.07, 6.45) is 0.484. The molecule has 7 heteroatoms. The van der Waals surface area contributed by atoms with E-state index in [0.29, 0.717) is 6.42 Å². The number of piperidine rings is 1. The summed E-state index contributed by atoms with van der Waals surface area (Å²) in [6, 6.07) is 20.3. The van der Waals surface area contributed by atoms with Gasteiger partial charge in [-0.1, -0.05) is 73.5 Å². The fourth-order valence-electron chi connectivity index (χ4n) is 3.62. The van der Waals surface area contributed by atoms with Gasteiger partial charge in [0, 0.05) is 50.0 Å². The molecule has 0 unspecified atom stereocenters. The van der Waals surface area contributed by atoms with Crippen molar-refractivity contribution in [2.75, 3.05) is 14.2 Å². The lowest BCUT2D eigenvalue weighted by atomic mass is 9.72. The molecule has 1 aliphatic heterocycles. The summed E-state index contributed by atoms with van der Waals surface area (Å²) in [4.78, 5) is 0. The molecule has 0 saturated carbocycles. The van der Waals surface area contributed by atoms with Crippen LogP contribution in [0.2, 0.25) is 0 Å². The maximum atomic E-state index is 11.6. The summed E-state index contributed by atoms with van der Waals surface area (Å²) in [5.74, 6) is 2.98. The normalized spacial score (nSPS) is 27.1. The number of benzene rings is 2. The average Bonchev–Trinajstić information content (AvgIpc) is 2.76. The maximum Gasteiger partial charge on any atom is 0.259 e. The number of nitrogens with one attached hydrogen (secondary N) is 1. The Kier molecular flexibility index (Phi) is 7.58. The van der Waals surface area contributed by atoms with Crippen LogP contribution in [0, 0.1) is 17.1 Å². The van der Waals surface area contributed by atoms with Crippen LogP contribution in [0.25, 0.3) is 0 Å². The molecule has 3 rings (SSSR count). The van der Waals surface area contributed by atoms with Crippen molar-refractivity contribution in [3.8, 4) is 11.2 Å². The maximum absolute atomic E-state index is 11.6. The first-order valence-electron chi connectivity index (χ1n) is 9.41. The molecule has 29 heavy (non-hydrogen) atoms. The van der Waals surface area contributed by atoms with Gasteiger partial charge in [0.2, 0.25) is 0 Å². The van der Waals surface area contributed by atoms with E-state index in [9.17, 15) is 5.11 Å². The Labute approximate surface area is 182 Å². The molecular formula is C22H26NO3PS2. The van der Waals surface area contributed by atoms with Crippen LogP contribution in [-0.2, 0) is 20.9 Å². The second kappa shape index (κ2) is 9.76. The third kappa shape index (κ3) is 5.31. The number of hydrogen-bond donors (Lipinski definition) is 2. The van der Waals surface area contributed by atoms with Gasteiger partial charge in [-0.3, -0.25) is 0 Å². The monoisotopic (exact) mass is 447 g/mol. The smallest absolute Gasteiger partial charge is 0.259 e. The molecule has 2 aromatic rings. The van der Waals surface area contributed by atoms with E-state index in [4.69, 9.17) is 20.9 Å². The van der Waals surface area contributed by atoms with Crippen molar-refractivity contribution in [3.63, 3.8) is 0 Å². The zero-order chi connectivity index (χ0) is 20.9. The molecular weight excluding hydrogens is 421 g/mol. The van der Waals surface area contributed by atoms with Crippen molar-refractivity contribution in [3.05, 3.63) is 71.8 Å². The highest BCUT2D eigenvalue weighted by atomic mass is 32.9. The van der Waals surface area contributed by atoms with Crippen LogP contribution in [0.15, 0.2) is 60.7 Å². The van der Waals surface area contributed by atoms with Crippen molar-refractivity contribution in [1.82, 2.24) is 5.32 Å². The van der Waals surface area contributed by atoms with Crippen molar-refractivity contribution >= 4 is 28.9 Å². The molecule has 4 nitrogen and oxygen atoms in total. The predicted molar refractivity (Wildman–Crippen MR) is 124 cm³/mol. The third-order valence-corrected chi connectivity index (χ3v) is 10.1. The fraction of sp³-hybridized carbons (Fsp3) is 0.364. The average molecular weight is 448 g/mol. The van der Waals surface area contributed by atoms with Crippen LogP contribution in [0.5, 0.6) is 0 Å². The van der Waals surface area contributed by atoms with Crippen LogP contribution >= 0.6 is 17.1 Å². The van der Waals surface area contributed by atoms with E-state index < -0.39 is 11.3 Å². The molecule has 0 aromatic heterocycles. The van der Waals surface area contributed by atoms with E-state index >= 15 is 0 Å². The molecule has 2 N–H and O–H groups in total. The van der Waals surface area contributed by atoms with Crippen LogP contribution in [0.1, 0.15) is 36.6 Å². The third-order valence-electron chi connectivity index (χ3n) is 5.38. The van der Waals surface area contributed by atoms with Crippen LogP contribution in [0.4, 0.5) is 0 Å². The van der Waals surface area contributed by atoms with E-state index in [0.717, 1.165) is 22.5 Å². The van der Waals surface area contributed by atoms with Gasteiger partial charge in [0.25, 0.3) is 5.69 Å². The predicted octanol–water partition coefficient (Wildman–Crippen LogP) is 5.04. The Morgan fingerprint density at radius 3 is 2.17 bits per heavy atom. The molecule has 4 atom stereocenters. The Morgan fingerprint density at radius 2 is 1.62 bits per heavy atom. The van der Waals surface area contributed by atoms with Crippen molar-refractivity contribution in [1.29, 1.82) is 0 Å². The van der Waals surface area contributed by atoms with Crippen molar-refractivity contribution in [2.45, 2.75) is 31.0 Å². The molecule has 1 aliphatic rings. The molecule has 1 heterocycles. The second-order valence-electron chi connectivity index (χ2n) is 7.07. The number of rotatable bonds is 5. The van der Waals surface area contributed by atoms with Gasteiger partial charge in [0.05, 0.1) is 0 Å². The highest BCUT2D eigenvalue weighted by molar-refractivity contribution is 8.69. The zero-order valence-electron chi connectivity index (χ0n) is 16.7. The molecule has 0 bridgehead atoms. The van der Waals surface area contributed by atoms with Gasteiger partial charge < -0.3 is 19.5 Å². The fourth-order valence-corrected chi connectivity index (χ4v) is 5.51.